The van der Waals surface area contributed by atoms with Gasteiger partial charge in [0, 0.05) is 6.04 Å². The van der Waals surface area contributed by atoms with Gasteiger partial charge in [0.1, 0.15) is 11.5 Å². The molecule has 21 heavy (non-hydrogen) atoms. The van der Waals surface area contributed by atoms with E-state index >= 15 is 0 Å². The minimum absolute atomic E-state index is 0.0891. The molecule has 0 amide bonds. The number of hydrogen-bond donors (Lipinski definition) is 2. The summed E-state index contributed by atoms with van der Waals surface area (Å²) in [5.74, 6) is -0.417. The van der Waals surface area contributed by atoms with E-state index in [0.29, 0.717) is 5.56 Å². The smallest absolute Gasteiger partial charge is 0.396 e. The van der Waals surface area contributed by atoms with Crippen molar-refractivity contribution in [2.75, 3.05) is 11.1 Å². The second-order valence-electron chi connectivity index (χ2n) is 4.58. The summed E-state index contributed by atoms with van der Waals surface area (Å²) in [5, 5.41) is 2.83. The lowest BCUT2D eigenvalue weighted by atomic mass is 10.1. The molecule has 0 radical (unpaired) electrons. The minimum Gasteiger partial charge on any atom is -0.396 e. The van der Waals surface area contributed by atoms with Crippen LogP contribution in [-0.4, -0.2) is 4.98 Å². The molecule has 2 aromatic rings. The van der Waals surface area contributed by atoms with Crippen molar-refractivity contribution in [2.45, 2.75) is 19.1 Å². The van der Waals surface area contributed by atoms with Crippen molar-refractivity contribution in [1.82, 2.24) is 4.98 Å². The van der Waals surface area contributed by atoms with Crippen LogP contribution in [0.4, 0.5) is 28.9 Å². The first-order chi connectivity index (χ1) is 9.77. The Bertz CT molecular complexity index is 640. The molecule has 1 aromatic heterocycles. The zero-order valence-corrected chi connectivity index (χ0v) is 11.1. The van der Waals surface area contributed by atoms with E-state index in [1.54, 1.807) is 13.0 Å². The SMILES string of the molecule is CC(Nc1cc(C(F)(F)F)ncc1N)c1cccc(F)c1. The number of aromatic nitrogens is 1. The Labute approximate surface area is 118 Å². The predicted octanol–water partition coefficient (Wildman–Crippen LogP) is 3.99. The van der Waals surface area contributed by atoms with E-state index in [0.717, 1.165) is 12.3 Å². The number of anilines is 2. The van der Waals surface area contributed by atoms with Crippen molar-refractivity contribution < 1.29 is 17.6 Å². The average molecular weight is 299 g/mol. The largest absolute Gasteiger partial charge is 0.433 e. The fraction of sp³-hybridized carbons (Fsp3) is 0.214. The molecule has 3 N–H and O–H groups in total. The van der Waals surface area contributed by atoms with Gasteiger partial charge in [0.25, 0.3) is 0 Å². The van der Waals surface area contributed by atoms with E-state index in [-0.39, 0.29) is 11.4 Å². The fourth-order valence-corrected chi connectivity index (χ4v) is 1.84. The Morgan fingerprint density at radius 3 is 2.57 bits per heavy atom. The second-order valence-corrected chi connectivity index (χ2v) is 4.58. The molecule has 2 rings (SSSR count). The van der Waals surface area contributed by atoms with Gasteiger partial charge in [-0.3, -0.25) is 0 Å². The summed E-state index contributed by atoms with van der Waals surface area (Å²) in [4.78, 5) is 3.25. The van der Waals surface area contributed by atoms with Gasteiger partial charge in [-0.15, -0.1) is 0 Å². The van der Waals surface area contributed by atoms with Crippen LogP contribution >= 0.6 is 0 Å². The average Bonchev–Trinajstić information content (AvgIpc) is 2.40. The van der Waals surface area contributed by atoms with Crippen molar-refractivity contribution in [2.24, 2.45) is 0 Å². The first kappa shape index (κ1) is 15.1. The van der Waals surface area contributed by atoms with Gasteiger partial charge in [0.05, 0.1) is 17.6 Å². The highest BCUT2D eigenvalue weighted by molar-refractivity contribution is 5.66. The molecule has 3 nitrogen and oxygen atoms in total. The van der Waals surface area contributed by atoms with Crippen LogP contribution in [-0.2, 0) is 6.18 Å². The van der Waals surface area contributed by atoms with Crippen molar-refractivity contribution >= 4 is 11.4 Å². The van der Waals surface area contributed by atoms with Gasteiger partial charge >= 0.3 is 6.18 Å². The van der Waals surface area contributed by atoms with Crippen molar-refractivity contribution in [3.8, 4) is 0 Å². The molecule has 0 aliphatic heterocycles. The molecule has 0 spiro atoms. The Morgan fingerprint density at radius 2 is 1.95 bits per heavy atom. The lowest BCUT2D eigenvalue weighted by molar-refractivity contribution is -0.141. The lowest BCUT2D eigenvalue weighted by Crippen LogP contribution is -2.13. The van der Waals surface area contributed by atoms with Gasteiger partial charge in [-0.25, -0.2) is 9.37 Å². The van der Waals surface area contributed by atoms with Gasteiger partial charge in [-0.1, -0.05) is 12.1 Å². The number of nitrogen functional groups attached to an aromatic ring is 1. The number of benzene rings is 1. The molecule has 112 valence electrons. The normalized spacial score (nSPS) is 13.0. The zero-order chi connectivity index (χ0) is 15.6. The summed E-state index contributed by atoms with van der Waals surface area (Å²) in [6.07, 6.45) is -3.60. The van der Waals surface area contributed by atoms with Crippen molar-refractivity contribution in [1.29, 1.82) is 0 Å². The number of pyridine rings is 1. The first-order valence-electron chi connectivity index (χ1n) is 6.12. The van der Waals surface area contributed by atoms with E-state index in [1.807, 2.05) is 0 Å². The maximum absolute atomic E-state index is 13.2. The number of rotatable bonds is 3. The highest BCUT2D eigenvalue weighted by Crippen LogP contribution is 2.32. The van der Waals surface area contributed by atoms with Crippen LogP contribution in [0, 0.1) is 5.82 Å². The zero-order valence-electron chi connectivity index (χ0n) is 11.1. The Kier molecular flexibility index (Phi) is 4.02. The molecule has 1 aromatic carbocycles. The summed E-state index contributed by atoms with van der Waals surface area (Å²) < 4.78 is 51.1. The van der Waals surface area contributed by atoms with Gasteiger partial charge in [0.15, 0.2) is 0 Å². The Balaban J connectivity index is 2.26. The Morgan fingerprint density at radius 1 is 1.24 bits per heavy atom. The highest BCUT2D eigenvalue weighted by Gasteiger charge is 2.33. The van der Waals surface area contributed by atoms with Gasteiger partial charge in [-0.2, -0.15) is 13.2 Å². The third kappa shape index (κ3) is 3.62. The number of hydrogen-bond acceptors (Lipinski definition) is 3. The molecule has 1 atom stereocenters. The van der Waals surface area contributed by atoms with Gasteiger partial charge in [-0.05, 0) is 30.7 Å². The minimum atomic E-state index is -4.55. The summed E-state index contributed by atoms with van der Waals surface area (Å²) in [6, 6.07) is 6.22. The molecule has 0 saturated carbocycles. The summed E-state index contributed by atoms with van der Waals surface area (Å²) in [5.41, 5.74) is 5.38. The molecule has 0 saturated heterocycles. The summed E-state index contributed by atoms with van der Waals surface area (Å²) >= 11 is 0. The third-order valence-electron chi connectivity index (χ3n) is 2.95. The van der Waals surface area contributed by atoms with Crippen LogP contribution in [0.3, 0.4) is 0 Å². The van der Waals surface area contributed by atoms with Crippen LogP contribution in [0.1, 0.15) is 24.2 Å². The van der Waals surface area contributed by atoms with Gasteiger partial charge in [0.2, 0.25) is 0 Å². The number of nitrogens with zero attached hydrogens (tertiary/aromatic N) is 1. The van der Waals surface area contributed by atoms with Gasteiger partial charge < -0.3 is 11.1 Å². The number of nitrogens with one attached hydrogen (secondary N) is 1. The molecular weight excluding hydrogens is 286 g/mol. The molecule has 0 bridgehead atoms. The van der Waals surface area contributed by atoms with Crippen molar-refractivity contribution in [3.63, 3.8) is 0 Å². The van der Waals surface area contributed by atoms with Crippen molar-refractivity contribution in [3.05, 3.63) is 53.6 Å². The highest BCUT2D eigenvalue weighted by atomic mass is 19.4. The molecule has 0 aliphatic rings. The Hall–Kier alpha value is -2.31. The predicted molar refractivity (Wildman–Crippen MR) is 72.1 cm³/mol. The molecular formula is C14H13F4N3. The quantitative estimate of drug-likeness (QED) is 0.842. The monoisotopic (exact) mass is 299 g/mol. The molecule has 1 heterocycles. The second kappa shape index (κ2) is 5.59. The fourth-order valence-electron chi connectivity index (χ4n) is 1.84. The number of nitrogens with two attached hydrogens (primary N) is 1. The van der Waals surface area contributed by atoms with Crippen LogP contribution in [0.5, 0.6) is 0 Å². The van der Waals surface area contributed by atoms with Crippen LogP contribution < -0.4 is 11.1 Å². The van der Waals surface area contributed by atoms with E-state index in [4.69, 9.17) is 5.73 Å². The summed E-state index contributed by atoms with van der Waals surface area (Å²) in [6.45, 7) is 1.70. The third-order valence-corrected chi connectivity index (χ3v) is 2.95. The van der Waals surface area contributed by atoms with E-state index in [1.165, 1.54) is 18.2 Å². The lowest BCUT2D eigenvalue weighted by Gasteiger charge is -2.18. The number of alkyl halides is 3. The maximum atomic E-state index is 13.2. The van der Waals surface area contributed by atoms with E-state index in [9.17, 15) is 17.6 Å². The molecule has 1 unspecified atom stereocenters. The maximum Gasteiger partial charge on any atom is 0.433 e. The summed E-state index contributed by atoms with van der Waals surface area (Å²) in [7, 11) is 0. The first-order valence-corrected chi connectivity index (χ1v) is 6.12. The standard InChI is InChI=1S/C14H13F4N3/c1-8(9-3-2-4-10(15)5-9)21-12-6-13(14(16,17)18)20-7-11(12)19/h2-8H,19H2,1H3,(H,20,21). The molecule has 0 aliphatic carbocycles. The topological polar surface area (TPSA) is 50.9 Å². The molecule has 7 heteroatoms. The number of halogens is 4. The van der Waals surface area contributed by atoms with Crippen LogP contribution in [0.2, 0.25) is 0 Å². The van der Waals surface area contributed by atoms with Crippen LogP contribution in [0.15, 0.2) is 36.5 Å². The van der Waals surface area contributed by atoms with Crippen LogP contribution in [0.25, 0.3) is 0 Å². The molecule has 0 fully saturated rings. The van der Waals surface area contributed by atoms with E-state index in [2.05, 4.69) is 10.3 Å². The van der Waals surface area contributed by atoms with E-state index < -0.39 is 23.7 Å².